The van der Waals surface area contributed by atoms with Crippen LogP contribution in [0, 0.1) is 0 Å². The number of fused-ring (bicyclic) bond motifs is 3. The van der Waals surface area contributed by atoms with Crippen LogP contribution in [0.2, 0.25) is 10.0 Å². The quantitative estimate of drug-likeness (QED) is 0.361. The number of ether oxygens (including phenoxy) is 2. The Morgan fingerprint density at radius 1 is 1.03 bits per heavy atom. The fraction of sp³-hybridized carbons (Fsp3) is 0.160. The molecule has 0 radical (unpaired) electrons. The molecule has 3 aromatic carbocycles. The van der Waals surface area contributed by atoms with Gasteiger partial charge in [-0.3, -0.25) is 9.69 Å². The van der Waals surface area contributed by atoms with Crippen molar-refractivity contribution in [2.75, 3.05) is 13.8 Å². The van der Waals surface area contributed by atoms with Crippen molar-refractivity contribution in [1.82, 2.24) is 4.90 Å². The Hall–Kier alpha value is -2.99. The van der Waals surface area contributed by atoms with E-state index in [-0.39, 0.29) is 5.43 Å². The van der Waals surface area contributed by atoms with Crippen LogP contribution in [0.25, 0.3) is 22.1 Å². The maximum atomic E-state index is 13.2. The summed E-state index contributed by atoms with van der Waals surface area (Å²) in [7, 11) is 1.61. The molecule has 1 aliphatic rings. The summed E-state index contributed by atoms with van der Waals surface area (Å²) in [5.41, 5.74) is 3.62. The molecule has 5 nitrogen and oxygen atoms in total. The van der Waals surface area contributed by atoms with E-state index in [1.165, 1.54) is 6.26 Å². The summed E-state index contributed by atoms with van der Waals surface area (Å²) in [6.45, 7) is 1.63. The minimum atomic E-state index is -0.0826. The second-order valence-electron chi connectivity index (χ2n) is 7.63. The van der Waals surface area contributed by atoms with E-state index in [2.05, 4.69) is 4.90 Å². The molecule has 0 fully saturated rings. The molecule has 4 aromatic rings. The van der Waals surface area contributed by atoms with Crippen molar-refractivity contribution >= 4 is 34.2 Å². The number of benzene rings is 3. The minimum absolute atomic E-state index is 0.0826. The lowest BCUT2D eigenvalue weighted by molar-refractivity contribution is 0.0890. The van der Waals surface area contributed by atoms with Gasteiger partial charge >= 0.3 is 0 Å². The number of nitrogens with zero attached hydrogens (tertiary/aromatic N) is 1. The summed E-state index contributed by atoms with van der Waals surface area (Å²) in [6, 6.07) is 16.5. The molecule has 0 unspecified atom stereocenters. The highest BCUT2D eigenvalue weighted by atomic mass is 35.5. The molecule has 0 amide bonds. The van der Waals surface area contributed by atoms with E-state index in [9.17, 15) is 4.79 Å². The molecule has 0 bridgehead atoms. The Kier molecular flexibility index (Phi) is 5.55. The monoisotopic (exact) mass is 467 g/mol. The number of methoxy groups -OCH3 is 1. The van der Waals surface area contributed by atoms with Gasteiger partial charge in [0.05, 0.1) is 33.7 Å². The number of halogens is 2. The minimum Gasteiger partial charge on any atom is -0.497 e. The molecule has 0 spiro atoms. The van der Waals surface area contributed by atoms with Crippen LogP contribution in [0.1, 0.15) is 11.1 Å². The average Bonchev–Trinajstić information content (AvgIpc) is 2.82. The van der Waals surface area contributed by atoms with Gasteiger partial charge in [0.15, 0.2) is 0 Å². The fourth-order valence-corrected chi connectivity index (χ4v) is 4.24. The molecule has 2 heterocycles. The molecule has 0 atom stereocenters. The van der Waals surface area contributed by atoms with Gasteiger partial charge in [0, 0.05) is 13.1 Å². The van der Waals surface area contributed by atoms with Crippen LogP contribution in [-0.4, -0.2) is 18.7 Å². The van der Waals surface area contributed by atoms with E-state index in [1.54, 1.807) is 19.2 Å². The van der Waals surface area contributed by atoms with Crippen LogP contribution >= 0.6 is 23.2 Å². The smallest absolute Gasteiger partial charge is 0.200 e. The molecular formula is C25H19Cl2NO4. The van der Waals surface area contributed by atoms with Crippen molar-refractivity contribution in [2.24, 2.45) is 0 Å². The fourth-order valence-electron chi connectivity index (χ4n) is 3.92. The Labute approximate surface area is 194 Å². The zero-order valence-corrected chi connectivity index (χ0v) is 18.7. The zero-order valence-electron chi connectivity index (χ0n) is 17.2. The van der Waals surface area contributed by atoms with Crippen LogP contribution in [0.4, 0.5) is 0 Å². The van der Waals surface area contributed by atoms with Crippen molar-refractivity contribution in [3.05, 3.63) is 92.3 Å². The van der Waals surface area contributed by atoms with E-state index in [0.717, 1.165) is 28.2 Å². The van der Waals surface area contributed by atoms with E-state index in [1.807, 2.05) is 42.5 Å². The van der Waals surface area contributed by atoms with Gasteiger partial charge in [-0.2, -0.15) is 0 Å². The van der Waals surface area contributed by atoms with Gasteiger partial charge in [0.2, 0.25) is 5.43 Å². The number of hydrogen-bond donors (Lipinski definition) is 0. The van der Waals surface area contributed by atoms with Crippen LogP contribution in [0.3, 0.4) is 0 Å². The van der Waals surface area contributed by atoms with E-state index in [4.69, 9.17) is 37.1 Å². The van der Waals surface area contributed by atoms with Gasteiger partial charge < -0.3 is 13.9 Å². The van der Waals surface area contributed by atoms with Crippen molar-refractivity contribution < 1.29 is 13.9 Å². The highest BCUT2D eigenvalue weighted by Crippen LogP contribution is 2.33. The summed E-state index contributed by atoms with van der Waals surface area (Å²) in [4.78, 5) is 15.3. The van der Waals surface area contributed by atoms with Gasteiger partial charge in [0.1, 0.15) is 30.1 Å². The maximum Gasteiger partial charge on any atom is 0.200 e. The van der Waals surface area contributed by atoms with Crippen molar-refractivity contribution in [3.8, 4) is 22.6 Å². The standard InChI is InChI=1S/C25H19Cl2NO4/c1-30-17-5-3-16(4-6-17)20-13-31-25-18(24(20)29)7-9-23-19(25)12-28(14-32-23)11-15-2-8-21(26)22(27)10-15/h2-10,13H,11-12,14H2,1H3. The molecule has 7 heteroatoms. The first kappa shape index (κ1) is 20.9. The van der Waals surface area contributed by atoms with Gasteiger partial charge in [-0.1, -0.05) is 41.4 Å². The summed E-state index contributed by atoms with van der Waals surface area (Å²) < 4.78 is 17.1. The molecule has 0 aliphatic carbocycles. The SMILES string of the molecule is COc1ccc(-c2coc3c4c(ccc3c2=O)OCN(Cc2ccc(Cl)c(Cl)c2)C4)cc1. The second kappa shape index (κ2) is 8.51. The van der Waals surface area contributed by atoms with E-state index >= 15 is 0 Å². The van der Waals surface area contributed by atoms with Crippen LogP contribution in [-0.2, 0) is 13.1 Å². The lowest BCUT2D eigenvalue weighted by Crippen LogP contribution is -2.31. The van der Waals surface area contributed by atoms with E-state index in [0.29, 0.717) is 46.4 Å². The number of rotatable bonds is 4. The normalized spacial score (nSPS) is 13.6. The summed E-state index contributed by atoms with van der Waals surface area (Å²) in [5.74, 6) is 1.45. The Balaban J connectivity index is 1.48. The first-order chi connectivity index (χ1) is 15.5. The summed E-state index contributed by atoms with van der Waals surface area (Å²) >= 11 is 12.2. The molecule has 162 valence electrons. The summed E-state index contributed by atoms with van der Waals surface area (Å²) in [6.07, 6.45) is 1.52. The van der Waals surface area contributed by atoms with Crippen LogP contribution in [0.5, 0.6) is 11.5 Å². The first-order valence-corrected chi connectivity index (χ1v) is 10.8. The van der Waals surface area contributed by atoms with Gasteiger partial charge in [-0.15, -0.1) is 0 Å². The van der Waals surface area contributed by atoms with E-state index < -0.39 is 0 Å². The highest BCUT2D eigenvalue weighted by Gasteiger charge is 2.23. The maximum absolute atomic E-state index is 13.2. The van der Waals surface area contributed by atoms with Gasteiger partial charge in [-0.25, -0.2) is 0 Å². The van der Waals surface area contributed by atoms with Crippen molar-refractivity contribution in [3.63, 3.8) is 0 Å². The molecule has 1 aromatic heterocycles. The zero-order chi connectivity index (χ0) is 22.2. The third-order valence-electron chi connectivity index (χ3n) is 5.58. The van der Waals surface area contributed by atoms with Crippen molar-refractivity contribution in [1.29, 1.82) is 0 Å². The lowest BCUT2D eigenvalue weighted by Gasteiger charge is -2.29. The lowest BCUT2D eigenvalue weighted by atomic mass is 10.0. The van der Waals surface area contributed by atoms with Gasteiger partial charge in [0.25, 0.3) is 0 Å². The predicted octanol–water partition coefficient (Wildman–Crippen LogP) is 6.13. The first-order valence-electron chi connectivity index (χ1n) is 10.0. The predicted molar refractivity (Wildman–Crippen MR) is 126 cm³/mol. The Bertz CT molecular complexity index is 1370. The molecule has 1 aliphatic heterocycles. The third kappa shape index (κ3) is 3.84. The molecule has 32 heavy (non-hydrogen) atoms. The highest BCUT2D eigenvalue weighted by molar-refractivity contribution is 6.42. The largest absolute Gasteiger partial charge is 0.497 e. The summed E-state index contributed by atoms with van der Waals surface area (Å²) in [5, 5.41) is 1.57. The van der Waals surface area contributed by atoms with Crippen LogP contribution < -0.4 is 14.9 Å². The topological polar surface area (TPSA) is 51.9 Å². The third-order valence-corrected chi connectivity index (χ3v) is 6.32. The average molecular weight is 468 g/mol. The number of hydrogen-bond acceptors (Lipinski definition) is 5. The Morgan fingerprint density at radius 2 is 1.84 bits per heavy atom. The molecule has 0 N–H and O–H groups in total. The molecule has 0 saturated carbocycles. The second-order valence-corrected chi connectivity index (χ2v) is 8.45. The Morgan fingerprint density at radius 3 is 2.59 bits per heavy atom. The van der Waals surface area contributed by atoms with Crippen molar-refractivity contribution in [2.45, 2.75) is 13.1 Å². The molecule has 0 saturated heterocycles. The van der Waals surface area contributed by atoms with Crippen LogP contribution in [0.15, 0.2) is 70.1 Å². The molecule has 5 rings (SSSR count). The van der Waals surface area contributed by atoms with Gasteiger partial charge in [-0.05, 0) is 47.5 Å². The molecular weight excluding hydrogens is 449 g/mol.